The van der Waals surface area contributed by atoms with E-state index in [0.29, 0.717) is 7.92 Å². The molecular formula is C28H55P. The van der Waals surface area contributed by atoms with E-state index in [1.807, 2.05) is 0 Å². The third-order valence-corrected chi connectivity index (χ3v) is 11.9. The van der Waals surface area contributed by atoms with Crippen molar-refractivity contribution < 1.29 is 0 Å². The Morgan fingerprint density at radius 3 is 1.59 bits per heavy atom. The van der Waals surface area contributed by atoms with E-state index < -0.39 is 0 Å². The summed E-state index contributed by atoms with van der Waals surface area (Å²) in [6, 6.07) is 0. The summed E-state index contributed by atoms with van der Waals surface area (Å²) in [6.07, 6.45) is 31.8. The van der Waals surface area contributed by atoms with Gasteiger partial charge >= 0.3 is 0 Å². The number of hydrogen-bond acceptors (Lipinski definition) is 0. The maximum Gasteiger partial charge on any atom is -0.0181 e. The third-order valence-electron chi connectivity index (χ3n) is 8.29. The summed E-state index contributed by atoms with van der Waals surface area (Å²) in [7, 11) is 0.368. The zero-order chi connectivity index (χ0) is 20.7. The molecule has 0 amide bonds. The molecule has 1 saturated heterocycles. The van der Waals surface area contributed by atoms with Crippen LogP contribution < -0.4 is 0 Å². The lowest BCUT2D eigenvalue weighted by atomic mass is 9.76. The predicted octanol–water partition coefficient (Wildman–Crippen LogP) is 10.2. The van der Waals surface area contributed by atoms with Gasteiger partial charge in [-0.1, -0.05) is 117 Å². The van der Waals surface area contributed by atoms with E-state index in [0.717, 1.165) is 23.4 Å². The highest BCUT2D eigenvalue weighted by molar-refractivity contribution is 7.58. The number of unbranched alkanes of at least 4 members (excludes halogenated alkanes) is 15. The number of fused-ring (bicyclic) bond motifs is 2. The van der Waals surface area contributed by atoms with Crippen molar-refractivity contribution in [3.63, 3.8) is 0 Å². The lowest BCUT2D eigenvalue weighted by Gasteiger charge is -2.47. The second-order valence-electron chi connectivity index (χ2n) is 10.9. The summed E-state index contributed by atoms with van der Waals surface area (Å²) in [5.74, 6) is 3.19. The lowest BCUT2D eigenvalue weighted by Crippen LogP contribution is -2.37. The molecule has 29 heavy (non-hydrogen) atoms. The molecule has 1 aliphatic carbocycles. The van der Waals surface area contributed by atoms with E-state index in [1.54, 1.807) is 31.6 Å². The van der Waals surface area contributed by atoms with Crippen molar-refractivity contribution in [2.45, 2.75) is 148 Å². The first-order valence-electron chi connectivity index (χ1n) is 14.0. The van der Waals surface area contributed by atoms with Crippen LogP contribution in [0.15, 0.2) is 0 Å². The van der Waals surface area contributed by atoms with Gasteiger partial charge in [-0.3, -0.25) is 0 Å². The van der Waals surface area contributed by atoms with E-state index >= 15 is 0 Å². The normalized spacial score (nSPS) is 29.3. The lowest BCUT2D eigenvalue weighted by molar-refractivity contribution is 0.226. The van der Waals surface area contributed by atoms with Gasteiger partial charge in [-0.05, 0) is 61.4 Å². The van der Waals surface area contributed by atoms with Gasteiger partial charge in [0.25, 0.3) is 0 Å². The molecule has 0 spiro atoms. The Bertz CT molecular complexity index is 379. The topological polar surface area (TPSA) is 0 Å². The van der Waals surface area contributed by atoms with Gasteiger partial charge in [0.15, 0.2) is 0 Å². The molecule has 0 aromatic carbocycles. The zero-order valence-electron chi connectivity index (χ0n) is 20.6. The van der Waals surface area contributed by atoms with Crippen LogP contribution in [0.4, 0.5) is 0 Å². The predicted molar refractivity (Wildman–Crippen MR) is 136 cm³/mol. The maximum absolute atomic E-state index is 2.57. The Hall–Kier alpha value is 0.430. The van der Waals surface area contributed by atoms with Crippen LogP contribution in [0, 0.1) is 17.8 Å². The highest BCUT2D eigenvalue weighted by atomic mass is 31.1. The SMILES string of the molecule is CCCCCCCCCCCCCCCCCCP1CC(C)[C@H]2CC[C@H](C)[C@@H]1C2. The Morgan fingerprint density at radius 2 is 1.07 bits per heavy atom. The monoisotopic (exact) mass is 422 g/mol. The Labute approximate surface area is 186 Å². The average molecular weight is 423 g/mol. The summed E-state index contributed by atoms with van der Waals surface area (Å²) < 4.78 is 0. The molecule has 2 aliphatic rings. The Balaban J connectivity index is 1.34. The van der Waals surface area contributed by atoms with Crippen molar-refractivity contribution in [2.24, 2.45) is 17.8 Å². The molecule has 2 bridgehead atoms. The molecule has 0 aromatic heterocycles. The molecule has 1 saturated carbocycles. The molecule has 172 valence electrons. The minimum absolute atomic E-state index is 0.368. The van der Waals surface area contributed by atoms with Gasteiger partial charge in [0, 0.05) is 0 Å². The molecular weight excluding hydrogens is 367 g/mol. The summed E-state index contributed by atoms with van der Waals surface area (Å²) in [6.45, 7) is 7.45. The fourth-order valence-corrected chi connectivity index (χ4v) is 10.0. The van der Waals surface area contributed by atoms with Crippen molar-refractivity contribution in [3.05, 3.63) is 0 Å². The number of rotatable bonds is 17. The largest absolute Gasteiger partial charge is 0.103 e. The van der Waals surface area contributed by atoms with Crippen molar-refractivity contribution in [3.8, 4) is 0 Å². The Kier molecular flexibility index (Phi) is 14.3. The van der Waals surface area contributed by atoms with Gasteiger partial charge in [-0.15, -0.1) is 7.92 Å². The smallest absolute Gasteiger partial charge is 0.0181 e. The average Bonchev–Trinajstić information content (AvgIpc) is 2.72. The van der Waals surface area contributed by atoms with E-state index in [4.69, 9.17) is 0 Å². The molecule has 1 heteroatoms. The summed E-state index contributed by atoms with van der Waals surface area (Å²) >= 11 is 0. The standard InChI is InChI=1S/C28H55P/c1-4-5-6-7-8-9-10-11-12-13-14-15-16-17-18-19-22-29-24-26(3)27-21-20-25(2)28(29)23-27/h25-28H,4-24H2,1-3H3/t25-,26?,27-,28-,29?/m0/s1. The minimum atomic E-state index is 0.368. The van der Waals surface area contributed by atoms with Gasteiger partial charge in [0.2, 0.25) is 0 Å². The molecule has 0 N–H and O–H groups in total. The molecule has 1 aliphatic heterocycles. The minimum Gasteiger partial charge on any atom is -0.103 e. The zero-order valence-corrected chi connectivity index (χ0v) is 21.5. The van der Waals surface area contributed by atoms with E-state index in [2.05, 4.69) is 20.8 Å². The van der Waals surface area contributed by atoms with E-state index in [-0.39, 0.29) is 0 Å². The molecule has 0 nitrogen and oxygen atoms in total. The van der Waals surface area contributed by atoms with Crippen LogP contribution in [-0.4, -0.2) is 18.0 Å². The third kappa shape index (κ3) is 10.5. The van der Waals surface area contributed by atoms with Crippen molar-refractivity contribution in [1.29, 1.82) is 0 Å². The molecule has 1 heterocycles. The van der Waals surface area contributed by atoms with Crippen LogP contribution in [0.3, 0.4) is 0 Å². The molecule has 0 radical (unpaired) electrons. The quantitative estimate of drug-likeness (QED) is 0.161. The van der Waals surface area contributed by atoms with E-state index in [9.17, 15) is 0 Å². The summed E-state index contributed by atoms with van der Waals surface area (Å²) in [5.41, 5.74) is 1.15. The first-order valence-corrected chi connectivity index (χ1v) is 15.7. The van der Waals surface area contributed by atoms with Crippen LogP contribution in [0.5, 0.6) is 0 Å². The van der Waals surface area contributed by atoms with Crippen LogP contribution in [-0.2, 0) is 0 Å². The van der Waals surface area contributed by atoms with Gasteiger partial charge in [0.1, 0.15) is 0 Å². The van der Waals surface area contributed by atoms with Gasteiger partial charge < -0.3 is 0 Å². The highest BCUT2D eigenvalue weighted by Gasteiger charge is 2.39. The first kappa shape index (κ1) is 25.7. The van der Waals surface area contributed by atoms with Gasteiger partial charge in [-0.2, -0.15) is 0 Å². The Morgan fingerprint density at radius 1 is 0.586 bits per heavy atom. The second-order valence-corrected chi connectivity index (χ2v) is 13.5. The first-order chi connectivity index (χ1) is 14.2. The fourth-order valence-electron chi connectivity index (χ4n) is 6.13. The summed E-state index contributed by atoms with van der Waals surface area (Å²) in [4.78, 5) is 0. The van der Waals surface area contributed by atoms with Crippen molar-refractivity contribution >= 4 is 7.92 Å². The molecule has 2 rings (SSSR count). The van der Waals surface area contributed by atoms with E-state index in [1.165, 1.54) is 103 Å². The van der Waals surface area contributed by atoms with Crippen LogP contribution >= 0.6 is 7.92 Å². The highest BCUT2D eigenvalue weighted by Crippen LogP contribution is 2.58. The second kappa shape index (κ2) is 16.1. The fraction of sp³-hybridized carbons (Fsp3) is 1.00. The molecule has 2 unspecified atom stereocenters. The maximum atomic E-state index is 2.57. The molecule has 0 aromatic rings. The van der Waals surface area contributed by atoms with Crippen LogP contribution in [0.25, 0.3) is 0 Å². The summed E-state index contributed by atoms with van der Waals surface area (Å²) in [5, 5.41) is 0. The molecule has 5 atom stereocenters. The van der Waals surface area contributed by atoms with Gasteiger partial charge in [0.05, 0.1) is 0 Å². The van der Waals surface area contributed by atoms with Crippen molar-refractivity contribution in [2.75, 3.05) is 12.3 Å². The van der Waals surface area contributed by atoms with Crippen LogP contribution in [0.2, 0.25) is 0 Å². The van der Waals surface area contributed by atoms with Crippen molar-refractivity contribution in [1.82, 2.24) is 0 Å². The van der Waals surface area contributed by atoms with Gasteiger partial charge in [-0.25, -0.2) is 0 Å². The van der Waals surface area contributed by atoms with Crippen LogP contribution in [0.1, 0.15) is 143 Å². The molecule has 2 fully saturated rings. The number of hydrogen-bond donors (Lipinski definition) is 0.